The number of fused-ring (bicyclic) bond motifs is 3. The Labute approximate surface area is 188 Å². The summed E-state index contributed by atoms with van der Waals surface area (Å²) < 4.78 is 15.2. The molecule has 1 aliphatic heterocycles. The number of hydrogen-bond donors (Lipinski definition) is 2. The summed E-state index contributed by atoms with van der Waals surface area (Å²) >= 11 is 0. The fourth-order valence-electron chi connectivity index (χ4n) is 4.41. The number of halogens is 1. The van der Waals surface area contributed by atoms with E-state index < -0.39 is 11.4 Å². The van der Waals surface area contributed by atoms with E-state index in [-0.39, 0.29) is 11.4 Å². The number of amides is 1. The van der Waals surface area contributed by atoms with E-state index in [4.69, 9.17) is 0 Å². The summed E-state index contributed by atoms with van der Waals surface area (Å²) in [6, 6.07) is 9.48. The van der Waals surface area contributed by atoms with Crippen molar-refractivity contribution in [1.82, 2.24) is 29.8 Å². The van der Waals surface area contributed by atoms with Gasteiger partial charge in [-0.1, -0.05) is 6.07 Å². The summed E-state index contributed by atoms with van der Waals surface area (Å²) in [5.41, 5.74) is 4.09. The van der Waals surface area contributed by atoms with Crippen molar-refractivity contribution in [3.05, 3.63) is 69.7 Å². The van der Waals surface area contributed by atoms with E-state index in [1.807, 2.05) is 31.2 Å². The summed E-state index contributed by atoms with van der Waals surface area (Å²) in [6.07, 6.45) is 1.06. The third-order valence-electron chi connectivity index (χ3n) is 6.11. The summed E-state index contributed by atoms with van der Waals surface area (Å²) in [6.45, 7) is 6.10. The highest BCUT2D eigenvalue weighted by atomic mass is 19.1. The van der Waals surface area contributed by atoms with Gasteiger partial charge in [-0.05, 0) is 36.8 Å². The second kappa shape index (κ2) is 8.28. The lowest BCUT2D eigenvalue weighted by Crippen LogP contribution is -2.46. The number of aryl methyl sites for hydroxylation is 1. The maximum atomic E-state index is 13.8. The maximum Gasteiger partial charge on any atom is 0.277 e. The third kappa shape index (κ3) is 3.82. The van der Waals surface area contributed by atoms with Crippen LogP contribution in [0.2, 0.25) is 0 Å². The van der Waals surface area contributed by atoms with Gasteiger partial charge in [0, 0.05) is 39.8 Å². The Bertz CT molecular complexity index is 1420. The van der Waals surface area contributed by atoms with Gasteiger partial charge in [-0.15, -0.1) is 0 Å². The predicted octanol–water partition coefficient (Wildman–Crippen LogP) is 1.70. The second-order valence-corrected chi connectivity index (χ2v) is 8.20. The first-order valence-electron chi connectivity index (χ1n) is 10.8. The quantitative estimate of drug-likeness (QED) is 0.492. The molecule has 9 nitrogen and oxygen atoms in total. The molecule has 0 aliphatic carbocycles. The molecule has 10 heteroatoms. The zero-order chi connectivity index (χ0) is 23.1. The molecule has 3 aromatic heterocycles. The van der Waals surface area contributed by atoms with Crippen molar-refractivity contribution >= 4 is 28.1 Å². The van der Waals surface area contributed by atoms with Crippen LogP contribution in [0.4, 0.5) is 10.1 Å². The number of carbonyl (C=O) groups excluding carboxylic acids is 1. The number of aromatic nitrogens is 4. The van der Waals surface area contributed by atoms with Crippen LogP contribution < -0.4 is 15.8 Å². The molecule has 0 atom stereocenters. The van der Waals surface area contributed by atoms with Crippen LogP contribution >= 0.6 is 0 Å². The normalized spacial score (nSPS) is 14.8. The molecule has 0 unspecified atom stereocenters. The molecular weight excluding hydrogens is 425 g/mol. The van der Waals surface area contributed by atoms with E-state index in [9.17, 15) is 14.0 Å². The zero-order valence-electron chi connectivity index (χ0n) is 18.4. The number of H-pyrrole nitrogens is 1. The SMILES string of the molecule is CNC(=O)c1ccc(N2CCN(Cc3ccc4c(c3)[nH]c(=O)c3c(F)cnn34)CC2)c(C)n1. The van der Waals surface area contributed by atoms with Gasteiger partial charge in [0.25, 0.3) is 11.5 Å². The summed E-state index contributed by atoms with van der Waals surface area (Å²) in [7, 11) is 1.59. The van der Waals surface area contributed by atoms with E-state index in [2.05, 4.69) is 30.2 Å². The first kappa shape index (κ1) is 21.1. The van der Waals surface area contributed by atoms with Gasteiger partial charge in [-0.25, -0.2) is 13.9 Å². The van der Waals surface area contributed by atoms with Crippen LogP contribution in [0.3, 0.4) is 0 Å². The Morgan fingerprint density at radius 1 is 1.18 bits per heavy atom. The lowest BCUT2D eigenvalue weighted by molar-refractivity contribution is 0.0958. The summed E-state index contributed by atoms with van der Waals surface area (Å²) in [5.74, 6) is -0.821. The van der Waals surface area contributed by atoms with Crippen molar-refractivity contribution in [2.24, 2.45) is 0 Å². The molecule has 0 bridgehead atoms. The highest BCUT2D eigenvalue weighted by Crippen LogP contribution is 2.22. The number of hydrogen-bond acceptors (Lipinski definition) is 6. The number of benzene rings is 1. The molecule has 5 rings (SSSR count). The van der Waals surface area contributed by atoms with Gasteiger partial charge in [0.05, 0.1) is 28.6 Å². The van der Waals surface area contributed by atoms with Crippen LogP contribution in [0.25, 0.3) is 16.6 Å². The molecule has 1 aromatic carbocycles. The van der Waals surface area contributed by atoms with Gasteiger partial charge >= 0.3 is 0 Å². The molecule has 0 radical (unpaired) electrons. The Balaban J connectivity index is 1.29. The molecule has 1 aliphatic rings. The average Bonchev–Trinajstić information content (AvgIpc) is 3.21. The van der Waals surface area contributed by atoms with E-state index in [0.717, 1.165) is 55.9 Å². The van der Waals surface area contributed by atoms with Crippen molar-refractivity contribution < 1.29 is 9.18 Å². The number of aromatic amines is 1. The van der Waals surface area contributed by atoms with Crippen LogP contribution in [0, 0.1) is 12.7 Å². The molecule has 170 valence electrons. The Morgan fingerprint density at radius 2 is 1.97 bits per heavy atom. The minimum Gasteiger partial charge on any atom is -0.368 e. The molecule has 1 saturated heterocycles. The summed E-state index contributed by atoms with van der Waals surface area (Å²) in [5, 5.41) is 6.59. The molecule has 33 heavy (non-hydrogen) atoms. The molecular formula is C23H24FN7O2. The smallest absolute Gasteiger partial charge is 0.277 e. The lowest BCUT2D eigenvalue weighted by atomic mass is 10.1. The van der Waals surface area contributed by atoms with Crippen molar-refractivity contribution in [3.63, 3.8) is 0 Å². The van der Waals surface area contributed by atoms with E-state index in [1.54, 1.807) is 13.1 Å². The minimum absolute atomic E-state index is 0.0699. The number of carbonyl (C=O) groups is 1. The molecule has 1 fully saturated rings. The lowest BCUT2D eigenvalue weighted by Gasteiger charge is -2.36. The van der Waals surface area contributed by atoms with Gasteiger partial charge in [0.1, 0.15) is 5.69 Å². The van der Waals surface area contributed by atoms with Gasteiger partial charge in [-0.3, -0.25) is 14.5 Å². The van der Waals surface area contributed by atoms with Gasteiger partial charge in [0.2, 0.25) is 0 Å². The molecule has 0 saturated carbocycles. The van der Waals surface area contributed by atoms with Crippen molar-refractivity contribution in [1.29, 1.82) is 0 Å². The van der Waals surface area contributed by atoms with Gasteiger partial charge < -0.3 is 15.2 Å². The first-order chi connectivity index (χ1) is 15.9. The summed E-state index contributed by atoms with van der Waals surface area (Å²) in [4.78, 5) is 35.9. The fourth-order valence-corrected chi connectivity index (χ4v) is 4.41. The minimum atomic E-state index is -0.631. The predicted molar refractivity (Wildman–Crippen MR) is 123 cm³/mol. The van der Waals surface area contributed by atoms with Crippen LogP contribution in [0.1, 0.15) is 21.7 Å². The maximum absolute atomic E-state index is 13.8. The number of rotatable bonds is 4. The second-order valence-electron chi connectivity index (χ2n) is 8.20. The number of piperazine rings is 1. The zero-order valence-corrected chi connectivity index (χ0v) is 18.4. The highest BCUT2D eigenvalue weighted by Gasteiger charge is 2.20. The highest BCUT2D eigenvalue weighted by molar-refractivity contribution is 5.92. The Morgan fingerprint density at radius 3 is 2.70 bits per heavy atom. The van der Waals surface area contributed by atoms with Crippen LogP contribution in [-0.4, -0.2) is 63.6 Å². The van der Waals surface area contributed by atoms with E-state index in [0.29, 0.717) is 16.7 Å². The average molecular weight is 449 g/mol. The van der Waals surface area contributed by atoms with Crippen molar-refractivity contribution in [3.8, 4) is 0 Å². The third-order valence-corrected chi connectivity index (χ3v) is 6.11. The number of nitrogens with one attached hydrogen (secondary N) is 2. The molecule has 4 aromatic rings. The van der Waals surface area contributed by atoms with Crippen LogP contribution in [0.5, 0.6) is 0 Å². The van der Waals surface area contributed by atoms with Crippen LogP contribution in [-0.2, 0) is 6.54 Å². The van der Waals surface area contributed by atoms with Gasteiger partial charge in [0.15, 0.2) is 11.3 Å². The van der Waals surface area contributed by atoms with E-state index in [1.165, 1.54) is 4.52 Å². The Kier molecular flexibility index (Phi) is 5.29. The number of pyridine rings is 1. The standard InChI is InChI=1S/C23H24FN7O2/c1-14-19(6-4-17(27-14)22(32)25-2)30-9-7-29(8-10-30)13-15-3-5-20-18(11-15)28-23(33)21-16(24)12-26-31(20)21/h3-6,11-12H,7-10,13H2,1-2H3,(H,25,32)(H,28,33). The van der Waals surface area contributed by atoms with Gasteiger partial charge in [-0.2, -0.15) is 5.10 Å². The largest absolute Gasteiger partial charge is 0.368 e. The molecule has 0 spiro atoms. The number of nitrogens with zero attached hydrogens (tertiary/aromatic N) is 5. The molecule has 1 amide bonds. The number of anilines is 1. The first-order valence-corrected chi connectivity index (χ1v) is 10.8. The van der Waals surface area contributed by atoms with Crippen LogP contribution in [0.15, 0.2) is 41.3 Å². The molecule has 4 heterocycles. The molecule has 2 N–H and O–H groups in total. The monoisotopic (exact) mass is 449 g/mol. The van der Waals surface area contributed by atoms with Crippen molar-refractivity contribution in [2.75, 3.05) is 38.1 Å². The van der Waals surface area contributed by atoms with E-state index >= 15 is 0 Å². The Hall–Kier alpha value is -3.79. The fraction of sp³-hybridized carbons (Fsp3) is 0.304. The topological polar surface area (TPSA) is 98.6 Å². The van der Waals surface area contributed by atoms with Crippen molar-refractivity contribution in [2.45, 2.75) is 13.5 Å².